The van der Waals surface area contributed by atoms with Crippen LogP contribution in [0.4, 0.5) is 45.2 Å². The Kier molecular flexibility index (Phi) is 6.36. The fraction of sp³-hybridized carbons (Fsp3) is 0.400. The molecule has 1 aromatic carbocycles. The number of anilines is 1. The summed E-state index contributed by atoms with van der Waals surface area (Å²) in [6, 6.07) is 0.538. The molecule has 1 aromatic rings. The van der Waals surface area contributed by atoms with Gasteiger partial charge in [-0.15, -0.1) is 3.71 Å². The van der Waals surface area contributed by atoms with Gasteiger partial charge in [0, 0.05) is 0 Å². The van der Waals surface area contributed by atoms with Gasteiger partial charge >= 0.3 is 46.7 Å². The molecule has 0 aromatic heterocycles. The quantitative estimate of drug-likeness (QED) is 0.334. The Hall–Kier alpha value is -1.96. The van der Waals surface area contributed by atoms with Crippen molar-refractivity contribution in [1.82, 2.24) is 0 Å². The first kappa shape index (κ1) is 26.1. The maximum atomic E-state index is 12.8. The molecule has 0 aliphatic carbocycles. The molecule has 8 nitrogen and oxygen atoms in total. The summed E-state index contributed by atoms with van der Waals surface area (Å²) in [5, 5.41) is 0. The molecule has 0 fully saturated rings. The third-order valence-electron chi connectivity index (χ3n) is 2.82. The predicted molar refractivity (Wildman–Crippen MR) is 79.2 cm³/mol. The van der Waals surface area contributed by atoms with Crippen molar-refractivity contribution in [3.63, 3.8) is 0 Å². The van der Waals surface area contributed by atoms with Crippen molar-refractivity contribution < 1.29 is 69.0 Å². The summed E-state index contributed by atoms with van der Waals surface area (Å²) >= 11 is 0. The Labute approximate surface area is 162 Å². The molecule has 0 heterocycles. The Morgan fingerprint density at radius 2 is 1.13 bits per heavy atom. The molecule has 0 radical (unpaired) electrons. The van der Waals surface area contributed by atoms with Crippen molar-refractivity contribution in [2.24, 2.45) is 0 Å². The zero-order valence-corrected chi connectivity index (χ0v) is 16.1. The molecule has 30 heavy (non-hydrogen) atoms. The molecule has 0 saturated heterocycles. The van der Waals surface area contributed by atoms with Crippen LogP contribution >= 0.6 is 0 Å². The van der Waals surface area contributed by atoms with Gasteiger partial charge in [0.1, 0.15) is 5.69 Å². The molecule has 0 unspecified atom stereocenters. The second-order valence-electron chi connectivity index (χ2n) is 5.05. The van der Waals surface area contributed by atoms with Crippen molar-refractivity contribution in [3.05, 3.63) is 23.8 Å². The lowest BCUT2D eigenvalue weighted by Gasteiger charge is -2.27. The van der Waals surface area contributed by atoms with E-state index >= 15 is 0 Å². The van der Waals surface area contributed by atoms with E-state index in [4.69, 9.17) is 0 Å². The van der Waals surface area contributed by atoms with Gasteiger partial charge in [-0.25, -0.2) is 0 Å². The number of hydrogen-bond acceptors (Lipinski definition) is 7. The average Bonchev–Trinajstić information content (AvgIpc) is 2.46. The molecule has 20 heteroatoms. The third kappa shape index (κ3) is 4.68. The van der Waals surface area contributed by atoms with Crippen LogP contribution in [0.1, 0.15) is 5.56 Å². The first-order chi connectivity index (χ1) is 13.0. The lowest BCUT2D eigenvalue weighted by Crippen LogP contribution is -2.49. The van der Waals surface area contributed by atoms with Crippen molar-refractivity contribution >= 4 is 35.9 Å². The summed E-state index contributed by atoms with van der Waals surface area (Å²) < 4.78 is 184. The maximum Gasteiger partial charge on any atom is 0.534 e. The van der Waals surface area contributed by atoms with E-state index in [-0.39, 0.29) is 12.1 Å². The maximum absolute atomic E-state index is 12.8. The van der Waals surface area contributed by atoms with Gasteiger partial charge in [0.05, 0.1) is 0 Å². The number of nitrogens with zero attached hydrogens (tertiary/aromatic N) is 1. The number of halogens is 9. The van der Waals surface area contributed by atoms with Crippen molar-refractivity contribution in [2.45, 2.75) is 23.4 Å². The molecule has 0 aliphatic rings. The fourth-order valence-corrected chi connectivity index (χ4v) is 4.77. The van der Waals surface area contributed by atoms with E-state index in [0.717, 1.165) is 6.92 Å². The Bertz CT molecular complexity index is 1090. The van der Waals surface area contributed by atoms with Crippen LogP contribution in [0, 0.1) is 6.92 Å². The highest BCUT2D eigenvalue weighted by atomic mass is 32.3. The van der Waals surface area contributed by atoms with E-state index < -0.39 is 67.4 Å². The largest absolute Gasteiger partial charge is 0.534 e. The monoisotopic (exact) mass is 519 g/mol. The molecule has 174 valence electrons. The molecule has 0 spiro atoms. The van der Waals surface area contributed by atoms with Crippen LogP contribution in [0.25, 0.3) is 0 Å². The summed E-state index contributed by atoms with van der Waals surface area (Å²) in [7, 11) is -21.7. The van der Waals surface area contributed by atoms with E-state index in [1.165, 1.54) is 0 Å². The molecule has 0 N–H and O–H groups in total. The van der Waals surface area contributed by atoms with Gasteiger partial charge in [0.2, 0.25) is 0 Å². The van der Waals surface area contributed by atoms with Gasteiger partial charge in [-0.05, 0) is 24.6 Å². The molecule has 0 aliphatic heterocycles. The topological polar surface area (TPSA) is 115 Å². The zero-order valence-electron chi connectivity index (χ0n) is 13.7. The minimum atomic E-state index is -7.49. The summed E-state index contributed by atoms with van der Waals surface area (Å²) in [5.41, 5.74) is -22.5. The van der Waals surface area contributed by atoms with Crippen molar-refractivity contribution in [3.8, 4) is 5.75 Å². The van der Waals surface area contributed by atoms with E-state index in [1.807, 2.05) is 0 Å². The number of alkyl halides is 9. The van der Waals surface area contributed by atoms with Crippen LogP contribution in [-0.2, 0) is 30.2 Å². The van der Waals surface area contributed by atoms with Gasteiger partial charge in [0.25, 0.3) is 0 Å². The summed E-state index contributed by atoms with van der Waals surface area (Å²) in [4.78, 5) is 0. The van der Waals surface area contributed by atoms with Crippen LogP contribution in [0.5, 0.6) is 5.75 Å². The number of rotatable bonds is 5. The molecule has 0 saturated carbocycles. The molecule has 0 amide bonds. The van der Waals surface area contributed by atoms with Crippen LogP contribution in [0.15, 0.2) is 18.2 Å². The van der Waals surface area contributed by atoms with Gasteiger partial charge in [-0.1, -0.05) is 6.07 Å². The second kappa shape index (κ2) is 7.32. The van der Waals surface area contributed by atoms with Crippen molar-refractivity contribution in [1.29, 1.82) is 0 Å². The van der Waals surface area contributed by atoms with Gasteiger partial charge in [-0.2, -0.15) is 64.8 Å². The fourth-order valence-electron chi connectivity index (χ4n) is 1.58. The Morgan fingerprint density at radius 3 is 1.47 bits per heavy atom. The third-order valence-corrected chi connectivity index (χ3v) is 7.40. The minimum Gasteiger partial charge on any atom is -0.374 e. The number of hydrogen-bond donors (Lipinski definition) is 0. The Morgan fingerprint density at radius 1 is 0.733 bits per heavy atom. The Balaban J connectivity index is 4.04. The van der Waals surface area contributed by atoms with Gasteiger partial charge in [0.15, 0.2) is 5.75 Å². The highest BCUT2D eigenvalue weighted by Gasteiger charge is 2.62. The van der Waals surface area contributed by atoms with Crippen LogP contribution in [0.2, 0.25) is 0 Å². The molecule has 1 rings (SSSR count). The van der Waals surface area contributed by atoms with Crippen LogP contribution in [-0.4, -0.2) is 41.8 Å². The first-order valence-corrected chi connectivity index (χ1v) is 10.8. The van der Waals surface area contributed by atoms with E-state index in [0.29, 0.717) is 6.07 Å². The van der Waals surface area contributed by atoms with Gasteiger partial charge < -0.3 is 4.18 Å². The molecular weight excluding hydrogens is 513 g/mol. The number of benzene rings is 1. The normalized spacial score (nSPS) is 14.5. The summed E-state index contributed by atoms with van der Waals surface area (Å²) in [6.45, 7) is 0.851. The van der Waals surface area contributed by atoms with Crippen molar-refractivity contribution in [2.75, 3.05) is 3.71 Å². The second-order valence-corrected chi connectivity index (χ2v) is 10.4. The average molecular weight is 519 g/mol. The molecule has 0 bridgehead atoms. The highest BCUT2D eigenvalue weighted by Crippen LogP contribution is 2.43. The first-order valence-electron chi connectivity index (χ1n) is 6.51. The lowest BCUT2D eigenvalue weighted by molar-refractivity contribution is -0.0502. The zero-order chi connectivity index (χ0) is 24.1. The van der Waals surface area contributed by atoms with Crippen LogP contribution < -0.4 is 7.89 Å². The van der Waals surface area contributed by atoms with E-state index in [1.54, 1.807) is 0 Å². The SMILES string of the molecule is Cc1ccc(OS(=O)(=O)C(F)(F)F)c(N(S(=O)(=O)C(F)(F)F)S(=O)(=O)C(F)(F)F)c1. The van der Waals surface area contributed by atoms with Crippen LogP contribution in [0.3, 0.4) is 0 Å². The molecule has 0 atom stereocenters. The smallest absolute Gasteiger partial charge is 0.374 e. The number of aryl methyl sites for hydroxylation is 1. The minimum absolute atomic E-state index is 0.0265. The van der Waals surface area contributed by atoms with E-state index in [9.17, 15) is 64.8 Å². The predicted octanol–water partition coefficient (Wildman–Crippen LogP) is 2.73. The summed E-state index contributed by atoms with van der Waals surface area (Å²) in [6.07, 6.45) is 0. The number of sulfonamides is 2. The lowest BCUT2D eigenvalue weighted by atomic mass is 10.2. The van der Waals surface area contributed by atoms with Gasteiger partial charge in [-0.3, -0.25) is 0 Å². The summed E-state index contributed by atoms with van der Waals surface area (Å²) in [5.74, 6) is -2.10. The molecular formula is C10H6F9NO7S3. The highest BCUT2D eigenvalue weighted by molar-refractivity contribution is 8.11. The van der Waals surface area contributed by atoms with E-state index in [2.05, 4.69) is 4.18 Å². The standard InChI is InChI=1S/C10H6F9NO7S3/c1-5-2-3-7(27-30(25,26)10(17,18)19)6(4-5)20(28(21,22)8(11,12)13)29(23,24)9(14,15)16/h2-4H,1H3.